The Morgan fingerprint density at radius 1 is 1.65 bits per heavy atom. The number of aryl methyl sites for hydroxylation is 1. The minimum Gasteiger partial charge on any atom is -0.478 e. The summed E-state index contributed by atoms with van der Waals surface area (Å²) in [6.45, 7) is 5.43. The lowest BCUT2D eigenvalue weighted by atomic mass is 10.3. The molecule has 1 rings (SSSR count). The van der Waals surface area contributed by atoms with Gasteiger partial charge in [-0.1, -0.05) is 0 Å². The number of carbonyl (C=O) groups excluding carboxylic acids is 1. The lowest BCUT2D eigenvalue weighted by Gasteiger charge is -2.12. The van der Waals surface area contributed by atoms with E-state index in [1.54, 1.807) is 31.1 Å². The van der Waals surface area contributed by atoms with Crippen LogP contribution in [0, 0.1) is 0 Å². The highest BCUT2D eigenvalue weighted by Gasteiger charge is 2.14. The van der Waals surface area contributed by atoms with Gasteiger partial charge in [-0.15, -0.1) is 0 Å². The number of ether oxygens (including phenoxy) is 2. The van der Waals surface area contributed by atoms with Crippen molar-refractivity contribution in [2.24, 2.45) is 0 Å². The molecule has 0 aliphatic heterocycles. The highest BCUT2D eigenvalue weighted by Crippen LogP contribution is 2.10. The molecule has 0 saturated heterocycles. The Balaban J connectivity index is 2.37. The number of hydrogen-bond donors (Lipinski definition) is 1. The van der Waals surface area contributed by atoms with Crippen LogP contribution in [0.15, 0.2) is 12.4 Å². The van der Waals surface area contributed by atoms with Gasteiger partial charge in [0.1, 0.15) is 0 Å². The van der Waals surface area contributed by atoms with Crippen molar-refractivity contribution in [3.63, 3.8) is 0 Å². The van der Waals surface area contributed by atoms with Crippen LogP contribution >= 0.6 is 0 Å². The van der Waals surface area contributed by atoms with Crippen molar-refractivity contribution in [2.45, 2.75) is 26.5 Å². The standard InChI is InChI=1S/C11H19N3O3/c1-4-14-8-10(7-13-14)17-9(2)11(15)12-5-6-16-3/h7-9H,4-6H2,1-3H3,(H,12,15). The number of carbonyl (C=O) groups is 1. The first-order chi connectivity index (χ1) is 8.17. The largest absolute Gasteiger partial charge is 0.478 e. The molecule has 6 nitrogen and oxygen atoms in total. The van der Waals surface area contributed by atoms with Gasteiger partial charge in [0, 0.05) is 20.2 Å². The fraction of sp³-hybridized carbons (Fsp3) is 0.636. The molecule has 0 radical (unpaired) electrons. The Morgan fingerprint density at radius 3 is 3.00 bits per heavy atom. The lowest BCUT2D eigenvalue weighted by Crippen LogP contribution is -2.37. The van der Waals surface area contributed by atoms with Gasteiger partial charge in [-0.3, -0.25) is 9.48 Å². The number of rotatable bonds is 7. The van der Waals surface area contributed by atoms with Crippen LogP contribution < -0.4 is 10.1 Å². The van der Waals surface area contributed by atoms with E-state index in [0.717, 1.165) is 6.54 Å². The predicted molar refractivity (Wildman–Crippen MR) is 62.9 cm³/mol. The molecule has 0 fully saturated rings. The van der Waals surface area contributed by atoms with Crippen molar-refractivity contribution < 1.29 is 14.3 Å². The molecule has 6 heteroatoms. The van der Waals surface area contributed by atoms with Crippen LogP contribution in [0.2, 0.25) is 0 Å². The maximum Gasteiger partial charge on any atom is 0.260 e. The number of aromatic nitrogens is 2. The summed E-state index contributed by atoms with van der Waals surface area (Å²) < 4.78 is 12.0. The zero-order valence-corrected chi connectivity index (χ0v) is 10.5. The maximum absolute atomic E-state index is 11.6. The van der Waals surface area contributed by atoms with Gasteiger partial charge in [-0.2, -0.15) is 5.10 Å². The Labute approximate surface area is 101 Å². The van der Waals surface area contributed by atoms with E-state index in [1.807, 2.05) is 6.92 Å². The van der Waals surface area contributed by atoms with Gasteiger partial charge in [0.25, 0.3) is 5.91 Å². The third kappa shape index (κ3) is 4.44. The summed E-state index contributed by atoms with van der Waals surface area (Å²) in [5.74, 6) is 0.438. The van der Waals surface area contributed by atoms with E-state index in [9.17, 15) is 4.79 Å². The van der Waals surface area contributed by atoms with E-state index in [1.165, 1.54) is 0 Å². The van der Waals surface area contributed by atoms with Crippen molar-refractivity contribution in [1.29, 1.82) is 0 Å². The van der Waals surface area contributed by atoms with Crippen molar-refractivity contribution in [3.05, 3.63) is 12.4 Å². The summed E-state index contributed by atoms with van der Waals surface area (Å²) in [5.41, 5.74) is 0. The SMILES string of the molecule is CCn1cc(OC(C)C(=O)NCCOC)cn1. The van der Waals surface area contributed by atoms with E-state index >= 15 is 0 Å². The van der Waals surface area contributed by atoms with E-state index in [2.05, 4.69) is 10.4 Å². The second kappa shape index (κ2) is 6.90. The van der Waals surface area contributed by atoms with E-state index in [4.69, 9.17) is 9.47 Å². The van der Waals surface area contributed by atoms with Gasteiger partial charge in [0.2, 0.25) is 0 Å². The third-order valence-corrected chi connectivity index (χ3v) is 2.22. The number of nitrogens with one attached hydrogen (secondary N) is 1. The molecule has 0 saturated carbocycles. The quantitative estimate of drug-likeness (QED) is 0.703. The van der Waals surface area contributed by atoms with Gasteiger partial charge < -0.3 is 14.8 Å². The third-order valence-electron chi connectivity index (χ3n) is 2.22. The van der Waals surface area contributed by atoms with Crippen LogP contribution in [0.4, 0.5) is 0 Å². The minimum absolute atomic E-state index is 0.161. The van der Waals surface area contributed by atoms with Gasteiger partial charge in [-0.05, 0) is 13.8 Å². The van der Waals surface area contributed by atoms with Crippen molar-refractivity contribution in [1.82, 2.24) is 15.1 Å². The van der Waals surface area contributed by atoms with E-state index in [0.29, 0.717) is 18.9 Å². The molecule has 1 unspecified atom stereocenters. The average Bonchev–Trinajstić information content (AvgIpc) is 2.77. The van der Waals surface area contributed by atoms with Gasteiger partial charge in [0.15, 0.2) is 11.9 Å². The zero-order valence-electron chi connectivity index (χ0n) is 10.5. The summed E-state index contributed by atoms with van der Waals surface area (Å²) in [6.07, 6.45) is 2.82. The number of amides is 1. The highest BCUT2D eigenvalue weighted by atomic mass is 16.5. The van der Waals surface area contributed by atoms with Crippen LogP contribution in [0.5, 0.6) is 5.75 Å². The van der Waals surface area contributed by atoms with Crippen LogP contribution in [0.25, 0.3) is 0 Å². The normalized spacial score (nSPS) is 12.2. The maximum atomic E-state index is 11.6. The second-order valence-corrected chi connectivity index (χ2v) is 3.58. The van der Waals surface area contributed by atoms with Crippen LogP contribution in [-0.4, -0.2) is 42.1 Å². The molecule has 1 N–H and O–H groups in total. The average molecular weight is 241 g/mol. The van der Waals surface area contributed by atoms with Gasteiger partial charge >= 0.3 is 0 Å². The number of methoxy groups -OCH3 is 1. The monoisotopic (exact) mass is 241 g/mol. The smallest absolute Gasteiger partial charge is 0.260 e. The predicted octanol–water partition coefficient (Wildman–Crippen LogP) is 0.433. The summed E-state index contributed by atoms with van der Waals surface area (Å²) >= 11 is 0. The molecule has 1 amide bonds. The van der Waals surface area contributed by atoms with Crippen molar-refractivity contribution >= 4 is 5.91 Å². The zero-order chi connectivity index (χ0) is 12.7. The molecular weight excluding hydrogens is 222 g/mol. The van der Waals surface area contributed by atoms with E-state index in [-0.39, 0.29) is 5.91 Å². The first kappa shape index (κ1) is 13.5. The topological polar surface area (TPSA) is 65.4 Å². The lowest BCUT2D eigenvalue weighted by molar-refractivity contribution is -0.127. The van der Waals surface area contributed by atoms with Gasteiger partial charge in [0.05, 0.1) is 19.0 Å². The minimum atomic E-state index is -0.540. The molecule has 0 spiro atoms. The molecule has 1 heterocycles. The fourth-order valence-electron chi connectivity index (χ4n) is 1.26. The van der Waals surface area contributed by atoms with Crippen molar-refractivity contribution in [2.75, 3.05) is 20.3 Å². The molecule has 1 atom stereocenters. The summed E-state index contributed by atoms with van der Waals surface area (Å²) in [6, 6.07) is 0. The molecule has 0 bridgehead atoms. The molecule has 1 aromatic heterocycles. The number of hydrogen-bond acceptors (Lipinski definition) is 4. The Hall–Kier alpha value is -1.56. The fourth-order valence-corrected chi connectivity index (χ4v) is 1.26. The van der Waals surface area contributed by atoms with Crippen LogP contribution in [0.1, 0.15) is 13.8 Å². The summed E-state index contributed by atoms with van der Waals surface area (Å²) in [4.78, 5) is 11.6. The molecule has 17 heavy (non-hydrogen) atoms. The first-order valence-electron chi connectivity index (χ1n) is 5.63. The molecule has 96 valence electrons. The van der Waals surface area contributed by atoms with Crippen LogP contribution in [0.3, 0.4) is 0 Å². The van der Waals surface area contributed by atoms with E-state index < -0.39 is 6.10 Å². The Morgan fingerprint density at radius 2 is 2.41 bits per heavy atom. The Bertz CT molecular complexity index is 351. The molecule has 0 aliphatic rings. The molecule has 0 aromatic carbocycles. The molecular formula is C11H19N3O3. The first-order valence-corrected chi connectivity index (χ1v) is 5.63. The number of nitrogens with zero attached hydrogens (tertiary/aromatic N) is 2. The Kier molecular flexibility index (Phi) is 5.48. The molecule has 0 aliphatic carbocycles. The van der Waals surface area contributed by atoms with Crippen LogP contribution in [-0.2, 0) is 16.1 Å². The highest BCUT2D eigenvalue weighted by molar-refractivity contribution is 5.80. The second-order valence-electron chi connectivity index (χ2n) is 3.58. The molecule has 1 aromatic rings. The summed E-state index contributed by atoms with van der Waals surface area (Å²) in [5, 5.41) is 6.77. The van der Waals surface area contributed by atoms with Gasteiger partial charge in [-0.25, -0.2) is 0 Å². The van der Waals surface area contributed by atoms with Crippen molar-refractivity contribution in [3.8, 4) is 5.75 Å². The summed E-state index contributed by atoms with van der Waals surface area (Å²) in [7, 11) is 1.59.